The Morgan fingerprint density at radius 2 is 2.00 bits per heavy atom. The van der Waals surface area contributed by atoms with E-state index in [1.54, 1.807) is 11.9 Å². The topological polar surface area (TPSA) is 85.2 Å². The number of aryl methyl sites for hydroxylation is 2. The molecular formula is C18H24N4O3S2. The van der Waals surface area contributed by atoms with Crippen LogP contribution in [0, 0.1) is 13.8 Å². The fourth-order valence-electron chi connectivity index (χ4n) is 3.27. The highest BCUT2D eigenvalue weighted by Gasteiger charge is 2.34. The number of carbonyl (C=O) groups excluding carboxylic acids is 1. The van der Waals surface area contributed by atoms with Crippen molar-refractivity contribution in [2.45, 2.75) is 43.6 Å². The van der Waals surface area contributed by atoms with Crippen LogP contribution in [0.5, 0.6) is 0 Å². The van der Waals surface area contributed by atoms with Gasteiger partial charge in [0.25, 0.3) is 0 Å². The molecule has 0 bridgehead atoms. The van der Waals surface area contributed by atoms with E-state index < -0.39 is 15.1 Å². The second-order valence-corrected chi connectivity index (χ2v) is 10.5. The largest absolute Gasteiger partial charge is 0.341 e. The number of aromatic nitrogens is 3. The Morgan fingerprint density at radius 3 is 2.63 bits per heavy atom. The predicted molar refractivity (Wildman–Crippen MR) is 106 cm³/mol. The summed E-state index contributed by atoms with van der Waals surface area (Å²) in [5.74, 6) is 0.851. The highest BCUT2D eigenvalue weighted by molar-refractivity contribution is 8.00. The van der Waals surface area contributed by atoms with Crippen LogP contribution in [0.25, 0.3) is 5.69 Å². The van der Waals surface area contributed by atoms with Crippen molar-refractivity contribution in [3.8, 4) is 5.69 Å². The quantitative estimate of drug-likeness (QED) is 0.704. The number of sulfone groups is 1. The van der Waals surface area contributed by atoms with Crippen molar-refractivity contribution >= 4 is 27.5 Å². The SMILES string of the molecule is Cc1ccccc1-n1c(C)nnc1SC(C)C(=O)N(C)C1CCS(=O)(=O)C1. The van der Waals surface area contributed by atoms with Gasteiger partial charge in [-0.1, -0.05) is 30.0 Å². The van der Waals surface area contributed by atoms with Crippen molar-refractivity contribution in [2.75, 3.05) is 18.6 Å². The molecule has 27 heavy (non-hydrogen) atoms. The van der Waals surface area contributed by atoms with Crippen molar-refractivity contribution < 1.29 is 13.2 Å². The molecule has 1 amide bonds. The van der Waals surface area contributed by atoms with Crippen molar-refractivity contribution in [1.82, 2.24) is 19.7 Å². The molecule has 3 rings (SSSR count). The molecule has 2 atom stereocenters. The fourth-order valence-corrected chi connectivity index (χ4v) is 6.05. The number of carbonyl (C=O) groups is 1. The predicted octanol–water partition coefficient (Wildman–Crippen LogP) is 2.01. The molecule has 1 aliphatic rings. The van der Waals surface area contributed by atoms with E-state index in [1.807, 2.05) is 49.6 Å². The van der Waals surface area contributed by atoms with Crippen LogP contribution < -0.4 is 0 Å². The van der Waals surface area contributed by atoms with E-state index in [4.69, 9.17) is 0 Å². The monoisotopic (exact) mass is 408 g/mol. The van der Waals surface area contributed by atoms with E-state index in [2.05, 4.69) is 10.2 Å². The van der Waals surface area contributed by atoms with Gasteiger partial charge in [-0.25, -0.2) is 8.42 Å². The zero-order valence-electron chi connectivity index (χ0n) is 15.9. The maximum absolute atomic E-state index is 12.8. The molecule has 1 saturated heterocycles. The molecule has 0 spiro atoms. The molecule has 2 unspecified atom stereocenters. The number of hydrogen-bond donors (Lipinski definition) is 0. The third-order valence-corrected chi connectivity index (χ3v) is 7.67. The van der Waals surface area contributed by atoms with Crippen LogP contribution in [0.15, 0.2) is 29.4 Å². The molecule has 9 heteroatoms. The second-order valence-electron chi connectivity index (χ2n) is 6.92. The minimum atomic E-state index is -3.03. The summed E-state index contributed by atoms with van der Waals surface area (Å²) in [4.78, 5) is 14.4. The summed E-state index contributed by atoms with van der Waals surface area (Å²) in [7, 11) is -1.35. The standard InChI is InChI=1S/C18H24N4O3S2/c1-12-7-5-6-8-16(12)22-14(3)19-20-18(22)26-13(2)17(23)21(4)15-9-10-27(24,25)11-15/h5-8,13,15H,9-11H2,1-4H3. The summed E-state index contributed by atoms with van der Waals surface area (Å²) in [6.45, 7) is 5.72. The summed E-state index contributed by atoms with van der Waals surface area (Å²) in [5, 5.41) is 8.67. The number of rotatable bonds is 5. The lowest BCUT2D eigenvalue weighted by Gasteiger charge is -2.26. The van der Waals surface area contributed by atoms with Gasteiger partial charge in [-0.3, -0.25) is 9.36 Å². The van der Waals surface area contributed by atoms with Gasteiger partial charge in [-0.2, -0.15) is 0 Å². The molecule has 2 aromatic rings. The Bertz CT molecular complexity index is 955. The average molecular weight is 409 g/mol. The van der Waals surface area contributed by atoms with Gasteiger partial charge in [0.1, 0.15) is 5.82 Å². The molecule has 0 radical (unpaired) electrons. The van der Waals surface area contributed by atoms with Crippen molar-refractivity contribution in [3.63, 3.8) is 0 Å². The Kier molecular flexibility index (Phi) is 5.62. The van der Waals surface area contributed by atoms with Gasteiger partial charge in [-0.15, -0.1) is 10.2 Å². The van der Waals surface area contributed by atoms with Crippen LogP contribution in [-0.2, 0) is 14.6 Å². The minimum Gasteiger partial charge on any atom is -0.341 e. The first kappa shape index (κ1) is 19.9. The Morgan fingerprint density at radius 1 is 1.30 bits per heavy atom. The van der Waals surface area contributed by atoms with Gasteiger partial charge in [0, 0.05) is 13.1 Å². The Labute approximate surface area is 164 Å². The fraction of sp³-hybridized carbons (Fsp3) is 0.500. The second kappa shape index (κ2) is 7.63. The van der Waals surface area contributed by atoms with Crippen LogP contribution in [0.3, 0.4) is 0 Å². The first-order valence-electron chi connectivity index (χ1n) is 8.81. The smallest absolute Gasteiger partial charge is 0.235 e. The minimum absolute atomic E-state index is 0.0468. The van der Waals surface area contributed by atoms with E-state index >= 15 is 0 Å². The average Bonchev–Trinajstić information content (AvgIpc) is 3.16. The third-order valence-electron chi connectivity index (χ3n) is 4.89. The van der Waals surface area contributed by atoms with Crippen LogP contribution in [0.2, 0.25) is 0 Å². The van der Waals surface area contributed by atoms with Gasteiger partial charge < -0.3 is 4.90 Å². The van der Waals surface area contributed by atoms with Gasteiger partial charge >= 0.3 is 0 Å². The lowest BCUT2D eigenvalue weighted by atomic mass is 10.2. The molecule has 2 heterocycles. The first-order valence-corrected chi connectivity index (χ1v) is 11.5. The molecule has 0 N–H and O–H groups in total. The molecule has 1 aliphatic heterocycles. The number of thioether (sulfide) groups is 1. The van der Waals surface area contributed by atoms with E-state index in [1.165, 1.54) is 11.8 Å². The molecule has 7 nitrogen and oxygen atoms in total. The number of para-hydroxylation sites is 1. The van der Waals surface area contributed by atoms with Crippen LogP contribution in [0.1, 0.15) is 24.7 Å². The number of nitrogens with zero attached hydrogens (tertiary/aromatic N) is 4. The van der Waals surface area contributed by atoms with Crippen LogP contribution in [-0.4, -0.2) is 63.8 Å². The first-order chi connectivity index (χ1) is 12.7. The molecule has 1 aromatic heterocycles. The number of benzene rings is 1. The van der Waals surface area contributed by atoms with Crippen molar-refractivity contribution in [2.24, 2.45) is 0 Å². The summed E-state index contributed by atoms with van der Waals surface area (Å²) in [5.41, 5.74) is 2.08. The van der Waals surface area contributed by atoms with Crippen LogP contribution in [0.4, 0.5) is 0 Å². The van der Waals surface area contributed by atoms with Crippen molar-refractivity contribution in [1.29, 1.82) is 0 Å². The van der Waals surface area contributed by atoms with Crippen LogP contribution >= 0.6 is 11.8 Å². The van der Waals surface area contributed by atoms with E-state index in [9.17, 15) is 13.2 Å². The maximum atomic E-state index is 12.8. The molecule has 146 valence electrons. The number of hydrogen-bond acceptors (Lipinski definition) is 6. The van der Waals surface area contributed by atoms with E-state index in [-0.39, 0.29) is 23.5 Å². The van der Waals surface area contributed by atoms with Crippen molar-refractivity contribution in [3.05, 3.63) is 35.7 Å². The summed E-state index contributed by atoms with van der Waals surface area (Å²) >= 11 is 1.34. The lowest BCUT2D eigenvalue weighted by molar-refractivity contribution is -0.130. The highest BCUT2D eigenvalue weighted by atomic mass is 32.2. The molecular weight excluding hydrogens is 384 g/mol. The molecule has 0 aliphatic carbocycles. The maximum Gasteiger partial charge on any atom is 0.235 e. The summed E-state index contributed by atoms with van der Waals surface area (Å²) < 4.78 is 25.3. The van der Waals surface area contributed by atoms with Gasteiger partial charge in [0.05, 0.1) is 22.4 Å². The van der Waals surface area contributed by atoms with E-state index in [0.717, 1.165) is 17.1 Å². The van der Waals surface area contributed by atoms with Gasteiger partial charge in [-0.05, 0) is 38.8 Å². The summed E-state index contributed by atoms with van der Waals surface area (Å²) in [6.07, 6.45) is 0.500. The zero-order chi connectivity index (χ0) is 19.8. The van der Waals surface area contributed by atoms with E-state index in [0.29, 0.717) is 11.6 Å². The van der Waals surface area contributed by atoms with Gasteiger partial charge in [0.15, 0.2) is 15.0 Å². The molecule has 1 aromatic carbocycles. The molecule has 0 saturated carbocycles. The summed E-state index contributed by atoms with van der Waals surface area (Å²) in [6, 6.07) is 7.70. The third kappa shape index (κ3) is 4.19. The molecule has 1 fully saturated rings. The lowest BCUT2D eigenvalue weighted by Crippen LogP contribution is -2.41. The number of amides is 1. The normalized spacial score (nSPS) is 19.8. The van der Waals surface area contributed by atoms with Gasteiger partial charge in [0.2, 0.25) is 5.91 Å². The highest BCUT2D eigenvalue weighted by Crippen LogP contribution is 2.28. The zero-order valence-corrected chi connectivity index (χ0v) is 17.5. The Hall–Kier alpha value is -1.87. The Balaban J connectivity index is 1.78.